The van der Waals surface area contributed by atoms with E-state index in [1.807, 2.05) is 30.8 Å². The third kappa shape index (κ3) is 2.33. The SMILES string of the molecule is Cc1cc(-c2ccc(C(F)(F)F)cn2)cn1C. The molecule has 2 aromatic rings. The van der Waals surface area contributed by atoms with Crippen molar-refractivity contribution in [1.82, 2.24) is 9.55 Å². The fourth-order valence-electron chi connectivity index (χ4n) is 1.55. The highest BCUT2D eigenvalue weighted by Gasteiger charge is 2.30. The molecule has 2 nitrogen and oxygen atoms in total. The molecule has 90 valence electrons. The van der Waals surface area contributed by atoms with E-state index in [2.05, 4.69) is 4.98 Å². The van der Waals surface area contributed by atoms with E-state index in [1.54, 1.807) is 0 Å². The third-order valence-corrected chi connectivity index (χ3v) is 2.64. The summed E-state index contributed by atoms with van der Waals surface area (Å²) in [6.07, 6.45) is -1.64. The minimum absolute atomic E-state index is 0.543. The van der Waals surface area contributed by atoms with Gasteiger partial charge in [0.25, 0.3) is 0 Å². The number of aromatic nitrogens is 2. The minimum Gasteiger partial charge on any atom is -0.354 e. The summed E-state index contributed by atoms with van der Waals surface area (Å²) in [7, 11) is 1.88. The van der Waals surface area contributed by atoms with Gasteiger partial charge in [0.15, 0.2) is 0 Å². The van der Waals surface area contributed by atoms with Gasteiger partial charge in [-0.2, -0.15) is 13.2 Å². The summed E-state index contributed by atoms with van der Waals surface area (Å²) in [6, 6.07) is 4.32. The van der Waals surface area contributed by atoms with E-state index in [0.717, 1.165) is 23.5 Å². The summed E-state index contributed by atoms with van der Waals surface area (Å²) in [5.74, 6) is 0. The van der Waals surface area contributed by atoms with E-state index in [-0.39, 0.29) is 0 Å². The highest BCUT2D eigenvalue weighted by atomic mass is 19.4. The summed E-state index contributed by atoms with van der Waals surface area (Å²) in [5.41, 5.74) is 1.66. The van der Waals surface area contributed by atoms with E-state index in [1.165, 1.54) is 6.07 Å². The van der Waals surface area contributed by atoms with Crippen LogP contribution in [0.5, 0.6) is 0 Å². The molecule has 2 rings (SSSR count). The van der Waals surface area contributed by atoms with Crippen molar-refractivity contribution in [3.8, 4) is 11.3 Å². The average Bonchev–Trinajstić information content (AvgIpc) is 2.58. The molecule has 2 aromatic heterocycles. The van der Waals surface area contributed by atoms with E-state index < -0.39 is 11.7 Å². The average molecular weight is 240 g/mol. The minimum atomic E-state index is -4.34. The highest BCUT2D eigenvalue weighted by molar-refractivity contribution is 5.59. The molecule has 0 aromatic carbocycles. The number of alkyl halides is 3. The lowest BCUT2D eigenvalue weighted by molar-refractivity contribution is -0.137. The van der Waals surface area contributed by atoms with Gasteiger partial charge >= 0.3 is 6.18 Å². The van der Waals surface area contributed by atoms with Crippen LogP contribution >= 0.6 is 0 Å². The van der Waals surface area contributed by atoms with Gasteiger partial charge in [0.05, 0.1) is 11.3 Å². The normalized spacial score (nSPS) is 11.8. The summed E-state index contributed by atoms with van der Waals surface area (Å²) < 4.78 is 38.9. The predicted octanol–water partition coefficient (Wildman–Crippen LogP) is 3.41. The van der Waals surface area contributed by atoms with Crippen molar-refractivity contribution < 1.29 is 13.2 Å². The van der Waals surface area contributed by atoms with Crippen LogP contribution in [0.1, 0.15) is 11.3 Å². The Morgan fingerprint density at radius 3 is 2.35 bits per heavy atom. The number of rotatable bonds is 1. The number of nitrogens with zero attached hydrogens (tertiary/aromatic N) is 2. The van der Waals surface area contributed by atoms with E-state index in [9.17, 15) is 13.2 Å². The largest absolute Gasteiger partial charge is 0.417 e. The molecule has 17 heavy (non-hydrogen) atoms. The molecule has 5 heteroatoms. The maximum atomic E-state index is 12.3. The molecule has 0 unspecified atom stereocenters. The third-order valence-electron chi connectivity index (χ3n) is 2.64. The van der Waals surface area contributed by atoms with Crippen LogP contribution in [0.15, 0.2) is 30.6 Å². The fourth-order valence-corrected chi connectivity index (χ4v) is 1.55. The first-order valence-electron chi connectivity index (χ1n) is 5.04. The molecule has 0 aliphatic carbocycles. The van der Waals surface area contributed by atoms with Gasteiger partial charge in [-0.25, -0.2) is 0 Å². The molecule has 0 saturated carbocycles. The van der Waals surface area contributed by atoms with Crippen LogP contribution in [0, 0.1) is 6.92 Å². The quantitative estimate of drug-likeness (QED) is 0.746. The number of pyridine rings is 1. The van der Waals surface area contributed by atoms with Gasteiger partial charge in [0.2, 0.25) is 0 Å². The zero-order chi connectivity index (χ0) is 12.6. The maximum absolute atomic E-state index is 12.3. The van der Waals surface area contributed by atoms with Crippen LogP contribution < -0.4 is 0 Å². The van der Waals surface area contributed by atoms with Crippen LogP contribution in [0.25, 0.3) is 11.3 Å². The Hall–Kier alpha value is -1.78. The number of halogens is 3. The second kappa shape index (κ2) is 3.91. The molecule has 0 bridgehead atoms. The van der Waals surface area contributed by atoms with Crippen molar-refractivity contribution >= 4 is 0 Å². The topological polar surface area (TPSA) is 17.8 Å². The van der Waals surface area contributed by atoms with Crippen molar-refractivity contribution in [3.05, 3.63) is 41.9 Å². The first-order valence-corrected chi connectivity index (χ1v) is 5.04. The molecule has 0 amide bonds. The lowest BCUT2D eigenvalue weighted by atomic mass is 10.2. The molecular weight excluding hydrogens is 229 g/mol. The predicted molar refractivity (Wildman–Crippen MR) is 58.4 cm³/mol. The van der Waals surface area contributed by atoms with Crippen molar-refractivity contribution in [3.63, 3.8) is 0 Å². The Kier molecular flexibility index (Phi) is 2.69. The van der Waals surface area contributed by atoms with Crippen LogP contribution in [0.4, 0.5) is 13.2 Å². The number of hydrogen-bond acceptors (Lipinski definition) is 1. The summed E-state index contributed by atoms with van der Waals surface area (Å²) in [4.78, 5) is 3.84. The molecule has 0 aliphatic heterocycles. The molecule has 0 saturated heterocycles. The van der Waals surface area contributed by atoms with Crippen molar-refractivity contribution in [1.29, 1.82) is 0 Å². The van der Waals surface area contributed by atoms with Crippen LogP contribution in [0.3, 0.4) is 0 Å². The zero-order valence-corrected chi connectivity index (χ0v) is 9.42. The first-order chi connectivity index (χ1) is 7.88. The molecular formula is C12H11F3N2. The standard InChI is InChI=1S/C12H11F3N2/c1-8-5-9(7-17(8)2)11-4-3-10(6-16-11)12(13,14)15/h3-7H,1-2H3. The number of hydrogen-bond donors (Lipinski definition) is 0. The first kappa shape index (κ1) is 11.7. The Morgan fingerprint density at radius 2 is 1.94 bits per heavy atom. The molecule has 2 heterocycles. The van der Waals surface area contributed by atoms with Gasteiger partial charge in [-0.1, -0.05) is 0 Å². The van der Waals surface area contributed by atoms with E-state index in [0.29, 0.717) is 5.69 Å². The summed E-state index contributed by atoms with van der Waals surface area (Å²) in [5, 5.41) is 0. The second-order valence-electron chi connectivity index (χ2n) is 3.91. The van der Waals surface area contributed by atoms with E-state index >= 15 is 0 Å². The molecule has 0 spiro atoms. The molecule has 0 fully saturated rings. The molecule has 0 aliphatic rings. The van der Waals surface area contributed by atoms with Gasteiger partial charge in [-0.15, -0.1) is 0 Å². The second-order valence-corrected chi connectivity index (χ2v) is 3.91. The molecule has 0 atom stereocenters. The van der Waals surface area contributed by atoms with Crippen molar-refractivity contribution in [2.75, 3.05) is 0 Å². The van der Waals surface area contributed by atoms with Crippen LogP contribution in [0.2, 0.25) is 0 Å². The molecule has 0 radical (unpaired) electrons. The Bertz CT molecular complexity index is 504. The summed E-state index contributed by atoms with van der Waals surface area (Å²) >= 11 is 0. The smallest absolute Gasteiger partial charge is 0.354 e. The van der Waals surface area contributed by atoms with Crippen molar-refractivity contribution in [2.45, 2.75) is 13.1 Å². The summed E-state index contributed by atoms with van der Waals surface area (Å²) in [6.45, 7) is 1.92. The Labute approximate surface area is 96.7 Å². The Morgan fingerprint density at radius 1 is 1.24 bits per heavy atom. The van der Waals surface area contributed by atoms with Crippen molar-refractivity contribution in [2.24, 2.45) is 7.05 Å². The highest BCUT2D eigenvalue weighted by Crippen LogP contribution is 2.29. The van der Waals surface area contributed by atoms with Gasteiger partial charge < -0.3 is 4.57 Å². The maximum Gasteiger partial charge on any atom is 0.417 e. The number of aryl methyl sites for hydroxylation is 2. The van der Waals surface area contributed by atoms with E-state index in [4.69, 9.17) is 0 Å². The van der Waals surface area contributed by atoms with Gasteiger partial charge in [0, 0.05) is 30.7 Å². The monoisotopic (exact) mass is 240 g/mol. The zero-order valence-electron chi connectivity index (χ0n) is 9.42. The molecule has 0 N–H and O–H groups in total. The van der Waals surface area contributed by atoms with Crippen LogP contribution in [-0.2, 0) is 13.2 Å². The lowest BCUT2D eigenvalue weighted by Gasteiger charge is -2.05. The lowest BCUT2D eigenvalue weighted by Crippen LogP contribution is -2.05. The van der Waals surface area contributed by atoms with Gasteiger partial charge in [-0.05, 0) is 25.1 Å². The Balaban J connectivity index is 2.36. The van der Waals surface area contributed by atoms with Crippen LogP contribution in [-0.4, -0.2) is 9.55 Å². The van der Waals surface area contributed by atoms with Gasteiger partial charge in [-0.3, -0.25) is 4.98 Å². The fraction of sp³-hybridized carbons (Fsp3) is 0.250. The van der Waals surface area contributed by atoms with Gasteiger partial charge in [0.1, 0.15) is 0 Å².